The third-order valence-corrected chi connectivity index (χ3v) is 10.1. The van der Waals surface area contributed by atoms with E-state index in [4.69, 9.17) is 19.9 Å². The highest BCUT2D eigenvalue weighted by atomic mass is 16.2. The van der Waals surface area contributed by atoms with Crippen LogP contribution in [0.15, 0.2) is 146 Å². The van der Waals surface area contributed by atoms with Crippen LogP contribution in [0.5, 0.6) is 0 Å². The highest BCUT2D eigenvalue weighted by molar-refractivity contribution is 6.21. The van der Waals surface area contributed by atoms with E-state index < -0.39 is 5.41 Å². The fourth-order valence-electron chi connectivity index (χ4n) is 7.68. The Labute approximate surface area is 293 Å². The Morgan fingerprint density at radius 2 is 1.10 bits per heavy atom. The van der Waals surface area contributed by atoms with Crippen molar-refractivity contribution in [2.75, 3.05) is 0 Å². The molecule has 9 aromatic rings. The molecule has 1 aliphatic heterocycles. The smallest absolute Gasteiger partial charge is 0.264 e. The van der Waals surface area contributed by atoms with E-state index in [0.717, 1.165) is 72.2 Å². The zero-order valence-electron chi connectivity index (χ0n) is 27.9. The van der Waals surface area contributed by atoms with E-state index >= 15 is 0 Å². The van der Waals surface area contributed by atoms with Crippen LogP contribution < -0.4 is 0 Å². The molecule has 6 aromatic carbocycles. The Morgan fingerprint density at radius 1 is 0.510 bits per heavy atom. The summed E-state index contributed by atoms with van der Waals surface area (Å²) in [4.78, 5) is 34.1. The maximum Gasteiger partial charge on any atom is 0.264 e. The lowest BCUT2D eigenvalue weighted by atomic mass is 9.78. The molecule has 0 N–H and O–H groups in total. The van der Waals surface area contributed by atoms with Crippen molar-refractivity contribution in [3.8, 4) is 39.9 Å². The number of imidazole rings is 1. The molecule has 10 rings (SSSR count). The molecule has 0 bridgehead atoms. The summed E-state index contributed by atoms with van der Waals surface area (Å²) in [6.45, 7) is 4.30. The highest BCUT2D eigenvalue weighted by Crippen LogP contribution is 2.43. The maximum atomic E-state index is 14.0. The first-order chi connectivity index (χ1) is 25.0. The summed E-state index contributed by atoms with van der Waals surface area (Å²) in [5.41, 5.74) is 8.63. The zero-order chi connectivity index (χ0) is 34.3. The number of fused-ring (bicyclic) bond motifs is 8. The molecule has 1 aliphatic rings. The third-order valence-electron chi connectivity index (χ3n) is 10.1. The van der Waals surface area contributed by atoms with Crippen LogP contribution in [-0.2, 0) is 5.41 Å². The first kappa shape index (κ1) is 29.2. The summed E-state index contributed by atoms with van der Waals surface area (Å²) in [6.07, 6.45) is 0. The van der Waals surface area contributed by atoms with Gasteiger partial charge in [-0.15, -0.1) is 0 Å². The zero-order valence-corrected chi connectivity index (χ0v) is 27.9. The lowest BCUT2D eigenvalue weighted by Gasteiger charge is -2.31. The van der Waals surface area contributed by atoms with Gasteiger partial charge in [-0.05, 0) is 55.8 Å². The molecule has 51 heavy (non-hydrogen) atoms. The van der Waals surface area contributed by atoms with Gasteiger partial charge in [0.1, 0.15) is 5.82 Å². The minimum Gasteiger partial charge on any atom is -0.309 e. The number of rotatable bonds is 4. The van der Waals surface area contributed by atoms with Crippen LogP contribution in [0.3, 0.4) is 0 Å². The van der Waals surface area contributed by atoms with Gasteiger partial charge in [0.25, 0.3) is 5.91 Å². The van der Waals surface area contributed by atoms with E-state index in [9.17, 15) is 4.79 Å². The van der Waals surface area contributed by atoms with E-state index in [2.05, 4.69) is 60.9 Å². The molecule has 0 radical (unpaired) electrons. The number of hydrogen-bond donors (Lipinski definition) is 0. The molecule has 0 fully saturated rings. The quantitative estimate of drug-likeness (QED) is 0.188. The molecule has 0 unspecified atom stereocenters. The molecule has 0 atom stereocenters. The minimum absolute atomic E-state index is 0.0414. The van der Waals surface area contributed by atoms with E-state index in [1.807, 2.05) is 108 Å². The largest absolute Gasteiger partial charge is 0.309 e. The van der Waals surface area contributed by atoms with Gasteiger partial charge in [-0.3, -0.25) is 9.36 Å². The van der Waals surface area contributed by atoms with E-state index in [-0.39, 0.29) is 5.91 Å². The second kappa shape index (κ2) is 10.9. The summed E-state index contributed by atoms with van der Waals surface area (Å²) in [7, 11) is 0. The van der Waals surface area contributed by atoms with Crippen LogP contribution in [0.25, 0.3) is 72.7 Å². The van der Waals surface area contributed by atoms with E-state index in [1.165, 1.54) is 0 Å². The molecule has 242 valence electrons. The number of carbonyl (C=O) groups is 1. The second-order valence-electron chi connectivity index (χ2n) is 13.5. The molecule has 0 aliphatic carbocycles. The standard InChI is InChI=1S/C44H30N6O/c1-44(2)33-22-11-9-20-31(33)42(51)50-36-25-24-35-37(38(36)45-43(44)50)32-21-10-12-23-34(32)49(35)30-19-13-18-29(26-30)41-47-39(27-14-5-3-6-15-27)46-40(48-41)28-16-7-4-8-17-28/h3-26H,1-2H3. The Morgan fingerprint density at radius 3 is 1.82 bits per heavy atom. The van der Waals surface area contributed by atoms with Crippen LogP contribution in [0, 0.1) is 0 Å². The molecular weight excluding hydrogens is 629 g/mol. The summed E-state index contributed by atoms with van der Waals surface area (Å²) >= 11 is 0. The van der Waals surface area contributed by atoms with Gasteiger partial charge in [0.05, 0.1) is 22.1 Å². The second-order valence-corrected chi connectivity index (χ2v) is 13.5. The topological polar surface area (TPSA) is 78.5 Å². The molecule has 0 saturated carbocycles. The molecule has 7 nitrogen and oxygen atoms in total. The Bertz CT molecular complexity index is 2790. The van der Waals surface area contributed by atoms with Crippen molar-refractivity contribution < 1.29 is 4.79 Å². The van der Waals surface area contributed by atoms with Gasteiger partial charge >= 0.3 is 0 Å². The van der Waals surface area contributed by atoms with Crippen LogP contribution >= 0.6 is 0 Å². The van der Waals surface area contributed by atoms with Crippen LogP contribution in [0.2, 0.25) is 0 Å². The average molecular weight is 659 g/mol. The third kappa shape index (κ3) is 4.34. The van der Waals surface area contributed by atoms with Crippen molar-refractivity contribution in [3.63, 3.8) is 0 Å². The number of aromatic nitrogens is 6. The Hall–Kier alpha value is -6.73. The first-order valence-corrected chi connectivity index (χ1v) is 17.0. The minimum atomic E-state index is -0.454. The normalized spacial score (nSPS) is 13.5. The predicted molar refractivity (Wildman–Crippen MR) is 202 cm³/mol. The fourth-order valence-corrected chi connectivity index (χ4v) is 7.68. The van der Waals surface area contributed by atoms with Crippen molar-refractivity contribution >= 4 is 38.7 Å². The van der Waals surface area contributed by atoms with Crippen LogP contribution in [0.1, 0.15) is 35.6 Å². The van der Waals surface area contributed by atoms with Gasteiger partial charge in [-0.1, -0.05) is 109 Å². The summed E-state index contributed by atoms with van der Waals surface area (Å²) in [6, 6.07) is 48.8. The van der Waals surface area contributed by atoms with Crippen molar-refractivity contribution in [2.45, 2.75) is 19.3 Å². The molecule has 0 amide bonds. The van der Waals surface area contributed by atoms with Gasteiger partial charge < -0.3 is 4.57 Å². The molecule has 0 spiro atoms. The summed E-state index contributed by atoms with van der Waals surface area (Å²) in [5.74, 6) is 2.54. The molecule has 0 saturated heterocycles. The van der Waals surface area contributed by atoms with E-state index in [1.54, 1.807) is 0 Å². The SMILES string of the molecule is CC1(C)c2ccccc2C(=O)n2c1nc1c3c4ccccc4n(-c4cccc(-c5nc(-c6ccccc6)nc(-c6ccccc6)n5)c4)c3ccc12. The van der Waals surface area contributed by atoms with Crippen molar-refractivity contribution in [2.24, 2.45) is 0 Å². The van der Waals surface area contributed by atoms with Crippen molar-refractivity contribution in [3.05, 3.63) is 163 Å². The van der Waals surface area contributed by atoms with Crippen LogP contribution in [0.4, 0.5) is 0 Å². The van der Waals surface area contributed by atoms with Crippen molar-refractivity contribution in [1.29, 1.82) is 0 Å². The Balaban J connectivity index is 1.19. The monoisotopic (exact) mass is 658 g/mol. The van der Waals surface area contributed by atoms with Gasteiger partial charge in [0.15, 0.2) is 17.5 Å². The maximum absolute atomic E-state index is 14.0. The first-order valence-electron chi connectivity index (χ1n) is 17.0. The van der Waals surface area contributed by atoms with Gasteiger partial charge in [0.2, 0.25) is 0 Å². The average Bonchev–Trinajstić information content (AvgIpc) is 3.75. The number of hydrogen-bond acceptors (Lipinski definition) is 5. The van der Waals surface area contributed by atoms with Crippen molar-refractivity contribution in [1.82, 2.24) is 29.1 Å². The number of benzene rings is 6. The lowest BCUT2D eigenvalue weighted by molar-refractivity contribution is 0.0948. The number of carbonyl (C=O) groups excluding carboxylic acids is 1. The van der Waals surface area contributed by atoms with Gasteiger partial charge in [0, 0.05) is 44.1 Å². The predicted octanol–water partition coefficient (Wildman–Crippen LogP) is 9.65. The van der Waals surface area contributed by atoms with Crippen LogP contribution in [-0.4, -0.2) is 35.0 Å². The number of nitrogens with zero attached hydrogens (tertiary/aromatic N) is 6. The van der Waals surface area contributed by atoms with Gasteiger partial charge in [-0.25, -0.2) is 19.9 Å². The Kier molecular flexibility index (Phi) is 6.24. The fraction of sp³-hybridized carbons (Fsp3) is 0.0682. The summed E-state index contributed by atoms with van der Waals surface area (Å²) < 4.78 is 4.09. The lowest BCUT2D eigenvalue weighted by Crippen LogP contribution is -2.35. The molecular formula is C44H30N6O. The molecule has 4 heterocycles. The van der Waals surface area contributed by atoms with Gasteiger partial charge in [-0.2, -0.15) is 0 Å². The molecule has 3 aromatic heterocycles. The van der Waals surface area contributed by atoms with E-state index in [0.29, 0.717) is 17.5 Å². The number of para-hydroxylation sites is 1. The summed E-state index contributed by atoms with van der Waals surface area (Å²) in [5, 5.41) is 2.08. The molecule has 7 heteroatoms. The highest BCUT2D eigenvalue weighted by Gasteiger charge is 2.40.